The van der Waals surface area contributed by atoms with E-state index in [2.05, 4.69) is 0 Å². The number of fused-ring (bicyclic) bond motifs is 1. The van der Waals surface area contributed by atoms with Gasteiger partial charge in [-0.05, 0) is 115 Å². The van der Waals surface area contributed by atoms with E-state index in [1.807, 2.05) is 26.0 Å². The van der Waals surface area contributed by atoms with E-state index in [-0.39, 0.29) is 84.5 Å². The van der Waals surface area contributed by atoms with Gasteiger partial charge >= 0.3 is 23.9 Å². The number of carboxylic acids is 1. The van der Waals surface area contributed by atoms with Gasteiger partial charge in [0.25, 0.3) is 5.91 Å². The first-order valence-corrected chi connectivity index (χ1v) is 34.0. The monoisotopic (exact) mass is 1430 g/mol. The summed E-state index contributed by atoms with van der Waals surface area (Å²) in [4.78, 5) is 82.7. The summed E-state index contributed by atoms with van der Waals surface area (Å²) in [6, 6.07) is 2.56. The number of cyclic esters (lactones) is 1. The Bertz CT molecular complexity index is 3700. The van der Waals surface area contributed by atoms with Crippen molar-refractivity contribution in [2.24, 2.45) is 11.8 Å². The third-order valence-corrected chi connectivity index (χ3v) is 19.3. The van der Waals surface area contributed by atoms with E-state index in [1.165, 1.54) is 50.3 Å². The highest BCUT2D eigenvalue weighted by Crippen LogP contribution is 2.47. The zero-order valence-electron chi connectivity index (χ0n) is 57.6. The third-order valence-electron chi connectivity index (χ3n) is 18.6. The number of benzene rings is 2. The van der Waals surface area contributed by atoms with Crippen LogP contribution >= 0.6 is 23.2 Å². The molecule has 3 aromatic rings. The van der Waals surface area contributed by atoms with Gasteiger partial charge in [0.15, 0.2) is 42.9 Å². The van der Waals surface area contributed by atoms with Gasteiger partial charge in [0.1, 0.15) is 58.1 Å². The molecular weight excluding hydrogens is 1340 g/mol. The Kier molecular flexibility index (Phi) is 26.2. The number of methoxy groups -OCH3 is 1. The lowest BCUT2D eigenvalue weighted by Crippen LogP contribution is -2.64. The Morgan fingerprint density at radius 1 is 0.889 bits per heavy atom. The highest BCUT2D eigenvalue weighted by Gasteiger charge is 2.53. The normalized spacial score (nSPS) is 30.2. The van der Waals surface area contributed by atoms with E-state index >= 15 is 4.39 Å². The smallest absolute Gasteiger partial charge is 0.342 e. The van der Waals surface area contributed by atoms with E-state index < -0.39 is 173 Å². The fourth-order valence-electron chi connectivity index (χ4n) is 12.5. The number of amides is 1. The van der Waals surface area contributed by atoms with Crippen molar-refractivity contribution >= 4 is 69.6 Å². The lowest BCUT2D eigenvalue weighted by Gasteiger charge is -2.47. The number of carbonyl (C=O) groups excluding carboxylic acids is 4. The van der Waals surface area contributed by atoms with Crippen LogP contribution < -0.4 is 15.1 Å². The minimum atomic E-state index is -1.67. The summed E-state index contributed by atoms with van der Waals surface area (Å²) in [5, 5.41) is 77.5. The van der Waals surface area contributed by atoms with E-state index in [0.717, 1.165) is 18.9 Å². The number of esters is 3. The molecule has 9 unspecified atom stereocenters. The number of rotatable bonds is 19. The molecule has 0 radical (unpaired) electrons. The number of pyridine rings is 1. The molecule has 0 bridgehead atoms. The number of phenolic OH excluding ortho intramolecular Hbond substituents is 1. The maximum Gasteiger partial charge on any atom is 0.342 e. The average Bonchev–Trinajstić information content (AvgIpc) is 1.75. The van der Waals surface area contributed by atoms with Crippen LogP contribution in [-0.4, -0.2) is 207 Å². The lowest BCUT2D eigenvalue weighted by atomic mass is 9.88. The van der Waals surface area contributed by atoms with E-state index in [4.69, 9.17) is 65.8 Å². The number of carboxylic acid groups (broad SMARTS) is 1. The number of ether oxygens (including phenoxy) is 9. The number of aromatic hydroxyl groups is 1. The first kappa shape index (κ1) is 77.9. The number of hydrogen-bond donors (Lipinski definition) is 7. The van der Waals surface area contributed by atoms with Crippen LogP contribution in [0.4, 0.5) is 10.1 Å². The number of aromatic carboxylic acids is 1. The van der Waals surface area contributed by atoms with E-state index in [1.54, 1.807) is 70.1 Å². The van der Waals surface area contributed by atoms with Crippen LogP contribution in [0.1, 0.15) is 141 Å². The minimum absolute atomic E-state index is 0.00471. The molecule has 544 valence electrons. The Hall–Kier alpha value is -6.79. The largest absolute Gasteiger partial charge is 0.505 e. The SMILES string of the molecule is CCc1c(Cl)c(OCC(=O)N2CCN(c3cc4c(cc3F)c(=O)c(C(=O)O)cn4C3CC3)CC2)c(Cl)c(O)c1C(=O)OC1C(C)OC(OC/C2=C\C=C\C[C@H](O)/C(C)=C/[C@H](CC)[C@H](OC3OC(C)(C)C(OC(=O)C(C)C)C(O)C3O)/C(C)=C/C(C)=C/C[C@@H]([C@@H](C)O)OC2=O)C(OC)C1O. The van der Waals surface area contributed by atoms with Gasteiger partial charge in [-0.3, -0.25) is 14.4 Å². The van der Waals surface area contributed by atoms with Crippen molar-refractivity contribution in [2.75, 3.05) is 51.4 Å². The first-order valence-electron chi connectivity index (χ1n) is 33.3. The second kappa shape index (κ2) is 33.3. The summed E-state index contributed by atoms with van der Waals surface area (Å²) >= 11 is 13.5. The number of aliphatic hydroxyl groups excluding tert-OH is 5. The number of aliphatic hydroxyl groups is 5. The molecule has 4 aliphatic heterocycles. The zero-order valence-corrected chi connectivity index (χ0v) is 59.2. The molecule has 14 atom stereocenters. The predicted molar refractivity (Wildman–Crippen MR) is 361 cm³/mol. The molecule has 1 aliphatic carbocycles. The van der Waals surface area contributed by atoms with Gasteiger partial charge in [-0.1, -0.05) is 86.9 Å². The molecule has 0 spiro atoms. The number of hydrogen-bond acceptors (Lipinski definition) is 22. The number of anilines is 1. The number of aromatic nitrogens is 1. The Morgan fingerprint density at radius 2 is 1.58 bits per heavy atom. The first-order chi connectivity index (χ1) is 46.7. The van der Waals surface area contributed by atoms with Crippen molar-refractivity contribution < 1.29 is 107 Å². The van der Waals surface area contributed by atoms with Crippen LogP contribution in [0.3, 0.4) is 0 Å². The Balaban J connectivity index is 0.919. The van der Waals surface area contributed by atoms with Gasteiger partial charge in [-0.25, -0.2) is 18.8 Å². The summed E-state index contributed by atoms with van der Waals surface area (Å²) in [6.45, 7) is 17.9. The number of allylic oxidation sites excluding steroid dienone is 4. The van der Waals surface area contributed by atoms with Gasteiger partial charge in [-0.2, -0.15) is 0 Å². The predicted octanol–water partition coefficient (Wildman–Crippen LogP) is 7.74. The molecule has 4 fully saturated rings. The van der Waals surface area contributed by atoms with Crippen molar-refractivity contribution in [1.29, 1.82) is 0 Å². The Morgan fingerprint density at radius 3 is 2.19 bits per heavy atom. The van der Waals surface area contributed by atoms with Gasteiger partial charge in [-0.15, -0.1) is 0 Å². The molecular formula is C71H92Cl2FN3O22. The second-order valence-electron chi connectivity index (χ2n) is 26.6. The summed E-state index contributed by atoms with van der Waals surface area (Å²) in [6.07, 6.45) is -3.60. The van der Waals surface area contributed by atoms with Gasteiger partial charge < -0.3 is 92.7 Å². The van der Waals surface area contributed by atoms with E-state index in [0.29, 0.717) is 28.7 Å². The molecule has 2 aromatic carbocycles. The molecule has 1 amide bonds. The zero-order chi connectivity index (χ0) is 72.8. The highest BCUT2D eigenvalue weighted by atomic mass is 35.5. The van der Waals surface area contributed by atoms with Gasteiger partial charge in [0.2, 0.25) is 5.43 Å². The van der Waals surface area contributed by atoms with Crippen molar-refractivity contribution in [2.45, 2.75) is 206 Å². The number of carbonyl (C=O) groups is 5. The van der Waals surface area contributed by atoms with Gasteiger partial charge in [0, 0.05) is 63.3 Å². The molecule has 8 rings (SSSR count). The average molecular weight is 1430 g/mol. The third kappa shape index (κ3) is 17.9. The topological polar surface area (TPSA) is 339 Å². The van der Waals surface area contributed by atoms with Crippen LogP contribution in [0.5, 0.6) is 11.5 Å². The van der Waals surface area contributed by atoms with E-state index in [9.17, 15) is 64.5 Å². The number of phenols is 1. The molecule has 25 nitrogen and oxygen atoms in total. The fourth-order valence-corrected chi connectivity index (χ4v) is 13.2. The summed E-state index contributed by atoms with van der Waals surface area (Å²) < 4.78 is 71.4. The maximum absolute atomic E-state index is 15.7. The van der Waals surface area contributed by atoms with Crippen molar-refractivity contribution in [3.8, 4) is 11.5 Å². The van der Waals surface area contributed by atoms with Crippen LogP contribution in [0.15, 0.2) is 81.9 Å². The number of nitrogens with zero attached hydrogens (tertiary/aromatic N) is 3. The van der Waals surface area contributed by atoms with Crippen molar-refractivity contribution in [3.63, 3.8) is 0 Å². The lowest BCUT2D eigenvalue weighted by molar-refractivity contribution is -0.333. The molecule has 5 heterocycles. The fraction of sp³-hybridized carbons (Fsp3) is 0.577. The van der Waals surface area contributed by atoms with Crippen LogP contribution in [-0.2, 0) is 58.7 Å². The molecule has 3 saturated heterocycles. The summed E-state index contributed by atoms with van der Waals surface area (Å²) in [5.74, 6) is -7.33. The van der Waals surface area contributed by atoms with Crippen LogP contribution in [0.25, 0.3) is 10.9 Å². The van der Waals surface area contributed by atoms with Gasteiger partial charge in [0.05, 0.1) is 58.7 Å². The number of halogens is 3. The quantitative estimate of drug-likeness (QED) is 0.0342. The molecule has 1 aromatic heterocycles. The highest BCUT2D eigenvalue weighted by molar-refractivity contribution is 6.39. The molecule has 5 aliphatic rings. The van der Waals surface area contributed by atoms with Crippen molar-refractivity contribution in [1.82, 2.24) is 9.47 Å². The van der Waals surface area contributed by atoms with Crippen molar-refractivity contribution in [3.05, 3.63) is 120 Å². The maximum atomic E-state index is 15.7. The van der Waals surface area contributed by atoms with Crippen LogP contribution in [0, 0.1) is 17.7 Å². The Labute approximate surface area is 583 Å². The number of piperazine rings is 1. The minimum Gasteiger partial charge on any atom is -0.505 e. The summed E-state index contributed by atoms with van der Waals surface area (Å²) in [5.41, 5.74) is -0.571. The molecule has 1 saturated carbocycles. The molecule has 99 heavy (non-hydrogen) atoms. The summed E-state index contributed by atoms with van der Waals surface area (Å²) in [7, 11) is 1.24. The standard InChI is InChI=1S/C71H92Cl2FN3O22/c1-13-40-28-36(6)49(79)18-16-15-17-41(67(89)95-50(38(8)78)22-19-35(5)27-37(7)60(40)97-69-58(84)57(83)64(71(10,11)99-69)98-66(88)34(3)4)32-93-70-63(91-12)59(85)61(39(9)94-70)96-68(90)52-43(14-2)53(72)62(54(73)56(52)82)92-33-51(80)76-25-23-75(24-26-76)48-30-47-44(29-46(48)74)55(81)45(65(86)87)31-77(47)42-20-21-42/h15-17,19,27-31,34,38-40,42,49-50,57-61,63-64,69-70,78-79,82-85H,13-14,18,20-26,32-33H2,1-12H3,(H,86,87)/b16-15+,35-19+,36-28+,37-27+,41-17+/t38-,39?,40+,49+,50+,57?,58?,59?,60-,61?,63?,64?,69?,70?/m1/s1. The van der Waals surface area contributed by atoms with Crippen LogP contribution in [0.2, 0.25) is 10.0 Å². The molecule has 7 N–H and O–H groups in total. The molecule has 28 heteroatoms. The second-order valence-corrected chi connectivity index (χ2v) is 27.4.